The highest BCUT2D eigenvalue weighted by Gasteiger charge is 1.98. The molecule has 1 rings (SSSR count). The first-order valence-electron chi connectivity index (χ1n) is 8.21. The highest BCUT2D eigenvalue weighted by atomic mass is 15.2. The Morgan fingerprint density at radius 3 is 2.48 bits per heavy atom. The Kier molecular flexibility index (Phi) is 10.1. The van der Waals surface area contributed by atoms with Crippen molar-refractivity contribution in [3.8, 4) is 0 Å². The van der Waals surface area contributed by atoms with E-state index in [1.807, 2.05) is 24.4 Å². The van der Waals surface area contributed by atoms with Gasteiger partial charge in [0.1, 0.15) is 0 Å². The Morgan fingerprint density at radius 1 is 1.05 bits per heavy atom. The van der Waals surface area contributed by atoms with Crippen LogP contribution >= 0.6 is 0 Å². The summed E-state index contributed by atoms with van der Waals surface area (Å²) in [4.78, 5) is 8.51. The maximum absolute atomic E-state index is 4.28. The highest BCUT2D eigenvalue weighted by molar-refractivity contribution is 5.79. The molecule has 0 saturated heterocycles. The molecule has 0 aromatic carbocycles. The molecule has 21 heavy (non-hydrogen) atoms. The van der Waals surface area contributed by atoms with Gasteiger partial charge in [-0.05, 0) is 18.6 Å². The number of nitrogens with one attached hydrogen (secondary N) is 2. The van der Waals surface area contributed by atoms with Gasteiger partial charge in [0.05, 0.1) is 12.2 Å². The van der Waals surface area contributed by atoms with Crippen molar-refractivity contribution in [2.45, 2.75) is 58.4 Å². The number of aliphatic imine (C=N–C) groups is 1. The zero-order valence-electron chi connectivity index (χ0n) is 13.6. The van der Waals surface area contributed by atoms with E-state index in [2.05, 4.69) is 27.5 Å². The molecular weight excluding hydrogens is 260 g/mol. The van der Waals surface area contributed by atoms with Crippen molar-refractivity contribution in [1.82, 2.24) is 15.6 Å². The largest absolute Gasteiger partial charge is 0.356 e. The Labute approximate surface area is 129 Å². The van der Waals surface area contributed by atoms with Crippen LogP contribution in [0.1, 0.15) is 57.6 Å². The molecular formula is C17H30N4. The normalized spacial score (nSPS) is 11.4. The van der Waals surface area contributed by atoms with Gasteiger partial charge >= 0.3 is 0 Å². The second-order valence-electron chi connectivity index (χ2n) is 5.29. The third-order valence-corrected chi connectivity index (χ3v) is 3.46. The first kappa shape index (κ1) is 17.5. The zero-order valence-corrected chi connectivity index (χ0v) is 13.6. The number of hydrogen-bond acceptors (Lipinski definition) is 2. The summed E-state index contributed by atoms with van der Waals surface area (Å²) in [7, 11) is 1.80. The molecule has 0 atom stereocenters. The number of unbranched alkanes of at least 4 members (excludes halogenated alkanes) is 6. The summed E-state index contributed by atoms with van der Waals surface area (Å²) >= 11 is 0. The van der Waals surface area contributed by atoms with Gasteiger partial charge in [-0.15, -0.1) is 0 Å². The van der Waals surface area contributed by atoms with E-state index in [-0.39, 0.29) is 0 Å². The van der Waals surface area contributed by atoms with E-state index in [4.69, 9.17) is 0 Å². The fraction of sp³-hybridized carbons (Fsp3) is 0.647. The lowest BCUT2D eigenvalue weighted by molar-refractivity contribution is 0.583. The third kappa shape index (κ3) is 9.05. The zero-order chi connectivity index (χ0) is 15.2. The van der Waals surface area contributed by atoms with Crippen molar-refractivity contribution in [2.75, 3.05) is 13.6 Å². The van der Waals surface area contributed by atoms with Gasteiger partial charge in [-0.3, -0.25) is 9.98 Å². The van der Waals surface area contributed by atoms with E-state index < -0.39 is 0 Å². The van der Waals surface area contributed by atoms with Gasteiger partial charge in [-0.1, -0.05) is 51.5 Å². The van der Waals surface area contributed by atoms with Gasteiger partial charge in [0.15, 0.2) is 5.96 Å². The Balaban J connectivity index is 2.04. The molecule has 0 fully saturated rings. The van der Waals surface area contributed by atoms with Crippen molar-refractivity contribution >= 4 is 5.96 Å². The number of nitrogens with zero attached hydrogens (tertiary/aromatic N) is 2. The summed E-state index contributed by atoms with van der Waals surface area (Å²) in [6, 6.07) is 5.94. The summed E-state index contributed by atoms with van der Waals surface area (Å²) in [6.45, 7) is 3.95. The van der Waals surface area contributed by atoms with Crippen LogP contribution in [0.15, 0.2) is 29.4 Å². The summed E-state index contributed by atoms with van der Waals surface area (Å²) in [6.07, 6.45) is 11.1. The monoisotopic (exact) mass is 290 g/mol. The van der Waals surface area contributed by atoms with Crippen molar-refractivity contribution < 1.29 is 0 Å². The molecule has 0 aliphatic heterocycles. The second kappa shape index (κ2) is 12.2. The lowest BCUT2D eigenvalue weighted by Crippen LogP contribution is -2.37. The standard InChI is InChI=1S/C17H30N4/c1-3-4-5-6-7-8-10-14-20-17(18-2)21-15-16-12-9-11-13-19-16/h9,11-13H,3-8,10,14-15H2,1-2H3,(H2,18,20,21). The van der Waals surface area contributed by atoms with E-state index in [9.17, 15) is 0 Å². The molecule has 0 bridgehead atoms. The number of hydrogen-bond donors (Lipinski definition) is 2. The minimum absolute atomic E-state index is 0.706. The van der Waals surface area contributed by atoms with Crippen LogP contribution in [-0.2, 0) is 6.54 Å². The average Bonchev–Trinajstić information content (AvgIpc) is 2.54. The summed E-state index contributed by atoms with van der Waals surface area (Å²) < 4.78 is 0. The second-order valence-corrected chi connectivity index (χ2v) is 5.29. The molecule has 0 amide bonds. The van der Waals surface area contributed by atoms with Crippen molar-refractivity contribution in [2.24, 2.45) is 4.99 Å². The Bertz CT molecular complexity index is 376. The van der Waals surface area contributed by atoms with Crippen LogP contribution in [0.3, 0.4) is 0 Å². The molecule has 0 unspecified atom stereocenters. The van der Waals surface area contributed by atoms with Crippen molar-refractivity contribution in [3.63, 3.8) is 0 Å². The fourth-order valence-electron chi connectivity index (χ4n) is 2.19. The maximum Gasteiger partial charge on any atom is 0.191 e. The smallest absolute Gasteiger partial charge is 0.191 e. The Morgan fingerprint density at radius 2 is 1.81 bits per heavy atom. The average molecular weight is 290 g/mol. The minimum atomic E-state index is 0.706. The molecule has 1 heterocycles. The van der Waals surface area contributed by atoms with Gasteiger partial charge in [-0.2, -0.15) is 0 Å². The van der Waals surface area contributed by atoms with Crippen LogP contribution in [0.4, 0.5) is 0 Å². The van der Waals surface area contributed by atoms with Crippen LogP contribution in [0, 0.1) is 0 Å². The molecule has 4 nitrogen and oxygen atoms in total. The number of pyridine rings is 1. The fourth-order valence-corrected chi connectivity index (χ4v) is 2.19. The predicted molar refractivity (Wildman–Crippen MR) is 90.4 cm³/mol. The summed E-state index contributed by atoms with van der Waals surface area (Å²) in [5.74, 6) is 0.853. The van der Waals surface area contributed by atoms with E-state index in [1.54, 1.807) is 7.05 Å². The molecule has 0 aliphatic carbocycles. The van der Waals surface area contributed by atoms with Crippen LogP contribution in [-0.4, -0.2) is 24.5 Å². The first-order chi connectivity index (χ1) is 10.4. The van der Waals surface area contributed by atoms with Crippen molar-refractivity contribution in [3.05, 3.63) is 30.1 Å². The van der Waals surface area contributed by atoms with Gasteiger partial charge in [0, 0.05) is 19.8 Å². The molecule has 0 spiro atoms. The van der Waals surface area contributed by atoms with Crippen molar-refractivity contribution in [1.29, 1.82) is 0 Å². The van der Waals surface area contributed by atoms with E-state index in [1.165, 1.54) is 44.9 Å². The number of aromatic nitrogens is 1. The molecule has 2 N–H and O–H groups in total. The Hall–Kier alpha value is -1.58. The first-order valence-corrected chi connectivity index (χ1v) is 8.21. The maximum atomic E-state index is 4.28. The molecule has 118 valence electrons. The molecule has 4 heteroatoms. The summed E-state index contributed by atoms with van der Waals surface area (Å²) in [5, 5.41) is 6.63. The molecule has 0 aliphatic rings. The van der Waals surface area contributed by atoms with Gasteiger partial charge in [0.2, 0.25) is 0 Å². The van der Waals surface area contributed by atoms with Gasteiger partial charge < -0.3 is 10.6 Å². The summed E-state index contributed by atoms with van der Waals surface area (Å²) in [5.41, 5.74) is 1.02. The van der Waals surface area contributed by atoms with E-state index in [0.717, 1.165) is 18.2 Å². The van der Waals surface area contributed by atoms with E-state index in [0.29, 0.717) is 6.54 Å². The van der Waals surface area contributed by atoms with Crippen LogP contribution < -0.4 is 10.6 Å². The molecule has 0 radical (unpaired) electrons. The van der Waals surface area contributed by atoms with Gasteiger partial charge in [0.25, 0.3) is 0 Å². The van der Waals surface area contributed by atoms with E-state index >= 15 is 0 Å². The number of rotatable bonds is 10. The van der Waals surface area contributed by atoms with Gasteiger partial charge in [-0.25, -0.2) is 0 Å². The van der Waals surface area contributed by atoms with Crippen LogP contribution in [0.25, 0.3) is 0 Å². The third-order valence-electron chi connectivity index (χ3n) is 3.46. The molecule has 1 aromatic heterocycles. The van der Waals surface area contributed by atoms with Crippen LogP contribution in [0.2, 0.25) is 0 Å². The SMILES string of the molecule is CCCCCCCCCNC(=NC)NCc1ccccn1. The number of guanidine groups is 1. The molecule has 0 saturated carbocycles. The molecule has 1 aromatic rings. The lowest BCUT2D eigenvalue weighted by Gasteiger charge is -2.11. The highest BCUT2D eigenvalue weighted by Crippen LogP contribution is 2.06. The minimum Gasteiger partial charge on any atom is -0.356 e. The predicted octanol–water partition coefficient (Wildman–Crippen LogP) is 3.50. The topological polar surface area (TPSA) is 49.3 Å². The lowest BCUT2D eigenvalue weighted by atomic mass is 10.1. The quantitative estimate of drug-likeness (QED) is 0.394. The van der Waals surface area contributed by atoms with Crippen LogP contribution in [0.5, 0.6) is 0 Å².